The van der Waals surface area contributed by atoms with Crippen molar-refractivity contribution < 1.29 is 4.42 Å². The van der Waals surface area contributed by atoms with E-state index < -0.39 is 0 Å². The number of fused-ring (bicyclic) bond motifs is 9. The van der Waals surface area contributed by atoms with Crippen molar-refractivity contribution in [2.75, 3.05) is 0 Å². The Morgan fingerprint density at radius 2 is 0.689 bits per heavy atom. The molecule has 0 unspecified atom stereocenters. The maximum absolute atomic E-state index is 6.50. The SMILES string of the molecule is c1ccc(-c2cccc(-c3nc(-c4ccccc4)nc(-c4cccc5oc6ccc(-c7ccc(-c8ccc9c%10ccccc%10c%10ccccc%10c9c8)cc7)cc6c45)n3)c2)cc1. The second kappa shape index (κ2) is 14.3. The zero-order valence-electron chi connectivity index (χ0n) is 33.0. The lowest BCUT2D eigenvalue weighted by molar-refractivity contribution is 0.669. The predicted octanol–water partition coefficient (Wildman–Crippen LogP) is 15.2. The molecule has 284 valence electrons. The number of benzene rings is 10. The lowest BCUT2D eigenvalue weighted by atomic mass is 9.91. The quantitative estimate of drug-likeness (QED) is 0.158. The van der Waals surface area contributed by atoms with Gasteiger partial charge in [-0.2, -0.15) is 0 Å². The van der Waals surface area contributed by atoms with E-state index in [9.17, 15) is 0 Å². The molecule has 2 aromatic heterocycles. The van der Waals surface area contributed by atoms with E-state index in [1.165, 1.54) is 43.4 Å². The highest BCUT2D eigenvalue weighted by atomic mass is 16.3. The summed E-state index contributed by atoms with van der Waals surface area (Å²) in [4.78, 5) is 15.3. The molecule has 2 heterocycles. The molecule has 0 aliphatic carbocycles. The van der Waals surface area contributed by atoms with Gasteiger partial charge in [0, 0.05) is 27.5 Å². The van der Waals surface area contributed by atoms with Gasteiger partial charge in [-0.05, 0) is 96.0 Å². The van der Waals surface area contributed by atoms with E-state index in [1.807, 2.05) is 48.5 Å². The molecule has 12 rings (SSSR count). The van der Waals surface area contributed by atoms with Crippen molar-refractivity contribution in [2.45, 2.75) is 0 Å². The van der Waals surface area contributed by atoms with E-state index in [1.54, 1.807) is 0 Å². The van der Waals surface area contributed by atoms with Crippen molar-refractivity contribution in [1.82, 2.24) is 15.0 Å². The van der Waals surface area contributed by atoms with E-state index in [0.717, 1.165) is 60.9 Å². The summed E-state index contributed by atoms with van der Waals surface area (Å²) in [5.74, 6) is 1.82. The van der Waals surface area contributed by atoms with Crippen molar-refractivity contribution in [2.24, 2.45) is 0 Å². The van der Waals surface area contributed by atoms with E-state index in [4.69, 9.17) is 19.4 Å². The standard InChI is InChI=1S/C57H35N3O/c1-3-13-36(14-4-1)40-17-11-18-43(33-40)56-58-55(39-15-5-2-6-16-39)59-57(60-56)49-23-12-24-53-54(49)51-35-42(30-32-52(51)61-53)38-27-25-37(26-28-38)41-29-31-48-46-21-8-7-19-44(46)45-20-9-10-22-47(45)50(48)34-41/h1-35H. The fourth-order valence-corrected chi connectivity index (χ4v) is 8.95. The maximum atomic E-state index is 6.50. The molecule has 61 heavy (non-hydrogen) atoms. The van der Waals surface area contributed by atoms with E-state index in [-0.39, 0.29) is 0 Å². The molecule has 0 spiro atoms. The Bertz CT molecular complexity index is 3600. The maximum Gasteiger partial charge on any atom is 0.164 e. The number of rotatable bonds is 6. The van der Waals surface area contributed by atoms with Gasteiger partial charge < -0.3 is 4.42 Å². The Labute approximate surface area is 352 Å². The van der Waals surface area contributed by atoms with Crippen LogP contribution in [0.3, 0.4) is 0 Å². The summed E-state index contributed by atoms with van der Waals surface area (Å²) >= 11 is 0. The molecule has 0 amide bonds. The van der Waals surface area contributed by atoms with Gasteiger partial charge in [0.1, 0.15) is 11.2 Å². The third-order valence-corrected chi connectivity index (χ3v) is 11.9. The highest BCUT2D eigenvalue weighted by Crippen LogP contribution is 2.40. The number of hydrogen-bond acceptors (Lipinski definition) is 4. The average Bonchev–Trinajstić information content (AvgIpc) is 3.73. The van der Waals surface area contributed by atoms with Crippen LogP contribution in [-0.4, -0.2) is 15.0 Å². The lowest BCUT2D eigenvalue weighted by Crippen LogP contribution is -2.00. The summed E-state index contributed by atoms with van der Waals surface area (Å²) in [6, 6.07) is 74.7. The Morgan fingerprint density at radius 1 is 0.246 bits per heavy atom. The van der Waals surface area contributed by atoms with Crippen molar-refractivity contribution >= 4 is 54.3 Å². The first-order chi connectivity index (χ1) is 30.2. The molecule has 0 aliphatic heterocycles. The van der Waals surface area contributed by atoms with Crippen LogP contribution in [-0.2, 0) is 0 Å². The third-order valence-electron chi connectivity index (χ3n) is 11.9. The summed E-state index contributed by atoms with van der Waals surface area (Å²) in [5, 5.41) is 9.65. The molecule has 0 saturated heterocycles. The van der Waals surface area contributed by atoms with Crippen molar-refractivity contribution in [3.63, 3.8) is 0 Å². The van der Waals surface area contributed by atoms with Gasteiger partial charge in [-0.3, -0.25) is 0 Å². The van der Waals surface area contributed by atoms with Gasteiger partial charge in [0.15, 0.2) is 17.5 Å². The molecule has 0 aliphatic rings. The zero-order valence-corrected chi connectivity index (χ0v) is 33.0. The van der Waals surface area contributed by atoms with Gasteiger partial charge in [0.2, 0.25) is 0 Å². The molecular formula is C57H35N3O. The van der Waals surface area contributed by atoms with Crippen molar-refractivity contribution in [1.29, 1.82) is 0 Å². The molecule has 0 atom stereocenters. The Hall–Kier alpha value is -8.21. The van der Waals surface area contributed by atoms with Crippen LogP contribution in [0.2, 0.25) is 0 Å². The first-order valence-corrected chi connectivity index (χ1v) is 20.6. The number of nitrogens with zero attached hydrogens (tertiary/aromatic N) is 3. The highest BCUT2D eigenvalue weighted by Gasteiger charge is 2.19. The Morgan fingerprint density at radius 3 is 1.36 bits per heavy atom. The lowest BCUT2D eigenvalue weighted by Gasteiger charge is -2.12. The molecule has 0 fully saturated rings. The van der Waals surface area contributed by atoms with Crippen LogP contribution in [0, 0.1) is 0 Å². The fraction of sp³-hybridized carbons (Fsp3) is 0. The summed E-state index contributed by atoms with van der Waals surface area (Å²) in [5.41, 5.74) is 11.2. The largest absolute Gasteiger partial charge is 0.456 e. The minimum Gasteiger partial charge on any atom is -0.456 e. The molecule has 4 nitrogen and oxygen atoms in total. The first kappa shape index (κ1) is 34.8. The smallest absolute Gasteiger partial charge is 0.164 e. The average molecular weight is 778 g/mol. The minimum atomic E-state index is 0.591. The molecule has 12 aromatic rings. The van der Waals surface area contributed by atoms with Crippen LogP contribution in [0.5, 0.6) is 0 Å². The van der Waals surface area contributed by atoms with E-state index in [2.05, 4.69) is 164 Å². The van der Waals surface area contributed by atoms with Gasteiger partial charge in [0.25, 0.3) is 0 Å². The van der Waals surface area contributed by atoms with Crippen LogP contribution < -0.4 is 0 Å². The number of aromatic nitrogens is 3. The summed E-state index contributed by atoms with van der Waals surface area (Å²) < 4.78 is 6.50. The van der Waals surface area contributed by atoms with Crippen molar-refractivity contribution in [3.05, 3.63) is 212 Å². The fourth-order valence-electron chi connectivity index (χ4n) is 8.95. The van der Waals surface area contributed by atoms with E-state index >= 15 is 0 Å². The summed E-state index contributed by atoms with van der Waals surface area (Å²) in [6.45, 7) is 0. The van der Waals surface area contributed by atoms with Gasteiger partial charge >= 0.3 is 0 Å². The minimum absolute atomic E-state index is 0.591. The monoisotopic (exact) mass is 777 g/mol. The molecule has 10 aromatic carbocycles. The highest BCUT2D eigenvalue weighted by molar-refractivity contribution is 6.25. The van der Waals surface area contributed by atoms with Crippen LogP contribution in [0.15, 0.2) is 217 Å². The predicted molar refractivity (Wildman–Crippen MR) is 252 cm³/mol. The van der Waals surface area contributed by atoms with Gasteiger partial charge in [-0.15, -0.1) is 0 Å². The van der Waals surface area contributed by atoms with Crippen LogP contribution >= 0.6 is 0 Å². The second-order valence-electron chi connectivity index (χ2n) is 15.5. The first-order valence-electron chi connectivity index (χ1n) is 20.6. The summed E-state index contributed by atoms with van der Waals surface area (Å²) in [6.07, 6.45) is 0. The van der Waals surface area contributed by atoms with Crippen LogP contribution in [0.4, 0.5) is 0 Å². The molecular weight excluding hydrogens is 743 g/mol. The Balaban J connectivity index is 0.953. The number of hydrogen-bond donors (Lipinski definition) is 0. The molecule has 0 bridgehead atoms. The topological polar surface area (TPSA) is 51.8 Å². The molecule has 4 heteroatoms. The molecule has 0 radical (unpaired) electrons. The molecule has 0 N–H and O–H groups in total. The van der Waals surface area contributed by atoms with Crippen LogP contribution in [0.1, 0.15) is 0 Å². The van der Waals surface area contributed by atoms with E-state index in [0.29, 0.717) is 17.5 Å². The Kier molecular flexibility index (Phi) is 8.13. The van der Waals surface area contributed by atoms with Gasteiger partial charge in [0.05, 0.1) is 0 Å². The van der Waals surface area contributed by atoms with Gasteiger partial charge in [-0.1, -0.05) is 182 Å². The van der Waals surface area contributed by atoms with Crippen molar-refractivity contribution in [3.8, 4) is 67.5 Å². The van der Waals surface area contributed by atoms with Gasteiger partial charge in [-0.25, -0.2) is 15.0 Å². The molecule has 0 saturated carbocycles. The third kappa shape index (κ3) is 6.04. The van der Waals surface area contributed by atoms with Crippen LogP contribution in [0.25, 0.3) is 122 Å². The normalized spacial score (nSPS) is 11.6. The number of furan rings is 1. The second-order valence-corrected chi connectivity index (χ2v) is 15.5. The zero-order chi connectivity index (χ0) is 40.3. The summed E-state index contributed by atoms with van der Waals surface area (Å²) in [7, 11) is 0.